The van der Waals surface area contributed by atoms with Crippen molar-refractivity contribution in [3.05, 3.63) is 59.0 Å². The first-order chi connectivity index (χ1) is 15.1. The first kappa shape index (κ1) is 21.1. The van der Waals surface area contributed by atoms with Crippen molar-refractivity contribution in [3.63, 3.8) is 0 Å². The highest BCUT2D eigenvalue weighted by atomic mass is 16.6. The summed E-state index contributed by atoms with van der Waals surface area (Å²) in [4.78, 5) is 0. The summed E-state index contributed by atoms with van der Waals surface area (Å²) in [5.41, 5.74) is 1.84. The highest BCUT2D eigenvalue weighted by Crippen LogP contribution is 2.34. The molecule has 0 aromatic heterocycles. The summed E-state index contributed by atoms with van der Waals surface area (Å²) < 4.78 is 38.8. The molecule has 2 aliphatic heterocycles. The lowest BCUT2D eigenvalue weighted by Crippen LogP contribution is -2.04. The summed E-state index contributed by atoms with van der Waals surface area (Å²) >= 11 is 0. The molecular weight excluding hydrogens is 400 g/mol. The van der Waals surface area contributed by atoms with Crippen LogP contribution >= 0.6 is 0 Å². The molecule has 2 heterocycles. The molecule has 31 heavy (non-hydrogen) atoms. The number of benzene rings is 2. The van der Waals surface area contributed by atoms with Gasteiger partial charge in [0.2, 0.25) is 0 Å². The van der Waals surface area contributed by atoms with Crippen LogP contribution in [0.3, 0.4) is 0 Å². The fourth-order valence-electron chi connectivity index (χ4n) is 3.15. The van der Waals surface area contributed by atoms with Crippen LogP contribution in [0.25, 0.3) is 12.2 Å². The zero-order valence-corrected chi connectivity index (χ0v) is 18.0. The van der Waals surface area contributed by atoms with Crippen molar-refractivity contribution in [1.29, 1.82) is 0 Å². The van der Waals surface area contributed by atoms with Crippen LogP contribution in [0.5, 0.6) is 23.0 Å². The van der Waals surface area contributed by atoms with Gasteiger partial charge in [0.1, 0.15) is 23.7 Å². The van der Waals surface area contributed by atoms with Crippen molar-refractivity contribution in [1.82, 2.24) is 0 Å². The third-order valence-electron chi connectivity index (χ3n) is 4.97. The Morgan fingerprint density at radius 3 is 1.39 bits per heavy atom. The number of rotatable bonds is 10. The minimum atomic E-state index is -0.0827. The Morgan fingerprint density at radius 2 is 1.06 bits per heavy atom. The lowest BCUT2D eigenvalue weighted by atomic mass is 10.1. The van der Waals surface area contributed by atoms with E-state index in [1.54, 1.807) is 28.4 Å². The molecule has 2 unspecified atom stereocenters. The van der Waals surface area contributed by atoms with Gasteiger partial charge in [-0.15, -0.1) is 0 Å². The second-order valence-electron chi connectivity index (χ2n) is 7.07. The number of hydrogen-bond donors (Lipinski definition) is 0. The van der Waals surface area contributed by atoms with Gasteiger partial charge in [-0.3, -0.25) is 0 Å². The van der Waals surface area contributed by atoms with E-state index < -0.39 is 0 Å². The number of epoxide rings is 2. The quantitative estimate of drug-likeness (QED) is 0.421. The van der Waals surface area contributed by atoms with E-state index in [-0.39, 0.29) is 12.2 Å². The third-order valence-corrected chi connectivity index (χ3v) is 4.97. The molecule has 0 spiro atoms. The van der Waals surface area contributed by atoms with Crippen LogP contribution in [0.1, 0.15) is 11.1 Å². The molecule has 164 valence electrons. The molecule has 2 atom stereocenters. The summed E-state index contributed by atoms with van der Waals surface area (Å²) in [6.45, 7) is 1.24. The third kappa shape index (κ3) is 5.13. The monoisotopic (exact) mass is 426 g/mol. The second kappa shape index (κ2) is 9.32. The number of methoxy groups -OCH3 is 4. The van der Waals surface area contributed by atoms with Gasteiger partial charge >= 0.3 is 0 Å². The van der Waals surface area contributed by atoms with Gasteiger partial charge in [-0.05, 0) is 47.5 Å². The van der Waals surface area contributed by atoms with E-state index in [4.69, 9.17) is 33.2 Å². The molecule has 2 aromatic carbocycles. The first-order valence-electron chi connectivity index (χ1n) is 9.93. The van der Waals surface area contributed by atoms with Crippen molar-refractivity contribution < 1.29 is 33.2 Å². The molecule has 0 N–H and O–H groups in total. The van der Waals surface area contributed by atoms with Gasteiger partial charge in [0.25, 0.3) is 0 Å². The molecule has 0 saturated carbocycles. The van der Waals surface area contributed by atoms with Crippen molar-refractivity contribution in [2.24, 2.45) is 0 Å². The topological polar surface area (TPSA) is 71.2 Å². The van der Waals surface area contributed by atoms with Crippen LogP contribution in [0.4, 0.5) is 0 Å². The van der Waals surface area contributed by atoms with Crippen LogP contribution in [-0.4, -0.2) is 53.9 Å². The summed E-state index contributed by atoms with van der Waals surface area (Å²) in [6.07, 6.45) is 3.73. The van der Waals surface area contributed by atoms with E-state index in [0.717, 1.165) is 22.6 Å². The van der Waals surface area contributed by atoms with Crippen LogP contribution in [0, 0.1) is 0 Å². The Labute approximate surface area is 181 Å². The molecular formula is C24H26O7. The normalized spacial score (nSPS) is 20.1. The number of hydrogen-bond acceptors (Lipinski definition) is 7. The summed E-state index contributed by atoms with van der Waals surface area (Å²) in [5.74, 6) is 4.08. The average molecular weight is 426 g/mol. The fraction of sp³-hybridized carbons (Fsp3) is 0.333. The maximum absolute atomic E-state index is 6.29. The standard InChI is InChI=1S/C24H26O7/c1-25-17-7-5-15(9-19(17)27-3)11-21(23-13-29-23)31-22(24-14-30-24)12-16-6-8-18(26-2)20(10-16)28-4/h5-12,23-24H,13-14H2,1-4H3. The molecule has 0 amide bonds. The molecule has 7 heteroatoms. The van der Waals surface area contributed by atoms with E-state index in [2.05, 4.69) is 0 Å². The molecule has 2 aromatic rings. The summed E-state index contributed by atoms with van der Waals surface area (Å²) in [6, 6.07) is 11.4. The molecule has 0 radical (unpaired) electrons. The Morgan fingerprint density at radius 1 is 0.677 bits per heavy atom. The van der Waals surface area contributed by atoms with Gasteiger partial charge in [-0.2, -0.15) is 0 Å². The Balaban J connectivity index is 1.62. The Kier molecular flexibility index (Phi) is 6.34. The predicted molar refractivity (Wildman–Crippen MR) is 116 cm³/mol. The molecule has 2 saturated heterocycles. The highest BCUT2D eigenvalue weighted by Gasteiger charge is 2.35. The van der Waals surface area contributed by atoms with Crippen molar-refractivity contribution in [2.75, 3.05) is 41.7 Å². The van der Waals surface area contributed by atoms with Gasteiger partial charge in [0.05, 0.1) is 41.7 Å². The smallest absolute Gasteiger partial charge is 0.161 e. The minimum Gasteiger partial charge on any atom is -0.493 e. The maximum Gasteiger partial charge on any atom is 0.161 e. The zero-order chi connectivity index (χ0) is 21.8. The van der Waals surface area contributed by atoms with Crippen LogP contribution in [0.15, 0.2) is 47.9 Å². The molecule has 4 rings (SSSR count). The van der Waals surface area contributed by atoms with Crippen LogP contribution in [0.2, 0.25) is 0 Å². The van der Waals surface area contributed by atoms with E-state index in [0.29, 0.717) is 36.2 Å². The second-order valence-corrected chi connectivity index (χ2v) is 7.07. The molecule has 0 bridgehead atoms. The van der Waals surface area contributed by atoms with Gasteiger partial charge in [0.15, 0.2) is 23.0 Å². The Bertz CT molecular complexity index is 908. The van der Waals surface area contributed by atoms with Gasteiger partial charge < -0.3 is 33.2 Å². The zero-order valence-electron chi connectivity index (χ0n) is 18.0. The molecule has 2 fully saturated rings. The van der Waals surface area contributed by atoms with Crippen LogP contribution in [-0.2, 0) is 14.2 Å². The summed E-state index contributed by atoms with van der Waals surface area (Å²) in [5, 5.41) is 0. The van der Waals surface area contributed by atoms with Gasteiger partial charge in [-0.1, -0.05) is 12.1 Å². The minimum absolute atomic E-state index is 0.0827. The van der Waals surface area contributed by atoms with E-state index >= 15 is 0 Å². The van der Waals surface area contributed by atoms with E-state index in [1.165, 1.54) is 0 Å². The van der Waals surface area contributed by atoms with Gasteiger partial charge in [-0.25, -0.2) is 0 Å². The SMILES string of the molecule is COc1ccc(C=C(OC(=Cc2ccc(OC)c(OC)c2)C2CO2)C2CO2)cc1OC. The summed E-state index contributed by atoms with van der Waals surface area (Å²) in [7, 11) is 6.45. The van der Waals surface area contributed by atoms with Crippen molar-refractivity contribution >= 4 is 12.2 Å². The Hall–Kier alpha value is -3.16. The lowest BCUT2D eigenvalue weighted by Gasteiger charge is -2.13. The highest BCUT2D eigenvalue weighted by molar-refractivity contribution is 5.61. The van der Waals surface area contributed by atoms with Crippen LogP contribution < -0.4 is 18.9 Å². The van der Waals surface area contributed by atoms with Crippen molar-refractivity contribution in [2.45, 2.75) is 12.2 Å². The molecule has 7 nitrogen and oxygen atoms in total. The van der Waals surface area contributed by atoms with Crippen molar-refractivity contribution in [3.8, 4) is 23.0 Å². The van der Waals surface area contributed by atoms with E-state index in [9.17, 15) is 0 Å². The average Bonchev–Trinajstić information content (AvgIpc) is 3.70. The largest absolute Gasteiger partial charge is 0.493 e. The van der Waals surface area contributed by atoms with E-state index in [1.807, 2.05) is 48.6 Å². The fourth-order valence-corrected chi connectivity index (χ4v) is 3.15. The molecule has 2 aliphatic rings. The van der Waals surface area contributed by atoms with Gasteiger partial charge in [0, 0.05) is 0 Å². The predicted octanol–water partition coefficient (Wildman–Crippen LogP) is 3.92. The lowest BCUT2D eigenvalue weighted by molar-refractivity contribution is 0.239. The number of ether oxygens (including phenoxy) is 7. The maximum atomic E-state index is 6.29. The first-order valence-corrected chi connectivity index (χ1v) is 9.93. The molecule has 0 aliphatic carbocycles.